The van der Waals surface area contributed by atoms with E-state index in [1.54, 1.807) is 0 Å². The third-order valence-corrected chi connectivity index (χ3v) is 4.33. The molecule has 1 rings (SSSR count). The zero-order chi connectivity index (χ0) is 12.7. The number of terminal acetylenes is 1. The Kier molecular flexibility index (Phi) is 6.28. The number of hydrogen-bond donors (Lipinski definition) is 1. The average molecular weight is 253 g/mol. The van der Waals surface area contributed by atoms with Gasteiger partial charge in [0.25, 0.3) is 0 Å². The monoisotopic (exact) mass is 253 g/mol. The Bertz CT molecular complexity index is 294. The van der Waals surface area contributed by atoms with E-state index in [1.165, 1.54) is 5.75 Å². The van der Waals surface area contributed by atoms with Gasteiger partial charge in [-0.05, 0) is 12.8 Å². The van der Waals surface area contributed by atoms with Gasteiger partial charge in [-0.1, -0.05) is 19.8 Å². The van der Waals surface area contributed by atoms with E-state index < -0.39 is 0 Å². The molecule has 1 N–H and O–H groups in total. The van der Waals surface area contributed by atoms with Crippen LogP contribution in [0.4, 0.5) is 0 Å². The molecule has 0 aromatic carbocycles. The van der Waals surface area contributed by atoms with Gasteiger partial charge in [0, 0.05) is 30.6 Å². The van der Waals surface area contributed by atoms with Crippen molar-refractivity contribution in [2.45, 2.75) is 26.0 Å². The summed E-state index contributed by atoms with van der Waals surface area (Å²) in [5.41, 5.74) is 0. The number of aliphatic imine (C=N–C) groups is 1. The van der Waals surface area contributed by atoms with Crippen molar-refractivity contribution in [2.24, 2.45) is 10.9 Å². The Labute approximate surface area is 109 Å². The summed E-state index contributed by atoms with van der Waals surface area (Å²) >= 11 is 2.07. The highest BCUT2D eigenvalue weighted by atomic mass is 32.2. The molecule has 1 aliphatic heterocycles. The van der Waals surface area contributed by atoms with E-state index in [0.29, 0.717) is 17.7 Å². The van der Waals surface area contributed by atoms with E-state index in [1.807, 2.05) is 0 Å². The van der Waals surface area contributed by atoms with Gasteiger partial charge < -0.3 is 10.2 Å². The van der Waals surface area contributed by atoms with Gasteiger partial charge in [0.2, 0.25) is 0 Å². The number of hydrogen-bond acceptors (Lipinski definition) is 2. The number of thioether (sulfide) groups is 1. The van der Waals surface area contributed by atoms with Crippen LogP contribution in [-0.2, 0) is 0 Å². The Balaban J connectivity index is 2.64. The predicted molar refractivity (Wildman–Crippen MR) is 77.5 cm³/mol. The molecule has 0 radical (unpaired) electrons. The fourth-order valence-electron chi connectivity index (χ4n) is 1.82. The third-order valence-electron chi connectivity index (χ3n) is 2.79. The first-order valence-corrected chi connectivity index (χ1v) is 7.32. The summed E-state index contributed by atoms with van der Waals surface area (Å²) in [5.74, 6) is 5.42. The first-order valence-electron chi connectivity index (χ1n) is 6.27. The summed E-state index contributed by atoms with van der Waals surface area (Å²) in [6.07, 6.45) is 5.27. The molecule has 96 valence electrons. The van der Waals surface area contributed by atoms with E-state index in [-0.39, 0.29) is 0 Å². The van der Waals surface area contributed by atoms with Crippen LogP contribution in [0, 0.1) is 18.3 Å². The van der Waals surface area contributed by atoms with Crippen molar-refractivity contribution in [3.05, 3.63) is 0 Å². The Morgan fingerprint density at radius 3 is 3.00 bits per heavy atom. The molecule has 1 unspecified atom stereocenters. The first kappa shape index (κ1) is 14.2. The van der Waals surface area contributed by atoms with E-state index in [0.717, 1.165) is 25.6 Å². The van der Waals surface area contributed by atoms with E-state index >= 15 is 0 Å². The van der Waals surface area contributed by atoms with Crippen molar-refractivity contribution < 1.29 is 0 Å². The lowest BCUT2D eigenvalue weighted by Crippen LogP contribution is -2.49. The van der Waals surface area contributed by atoms with Gasteiger partial charge >= 0.3 is 0 Å². The molecular formula is C13H23N3S. The second kappa shape index (κ2) is 7.50. The highest BCUT2D eigenvalue weighted by Crippen LogP contribution is 2.24. The summed E-state index contributed by atoms with van der Waals surface area (Å²) in [6.45, 7) is 10.1. The summed E-state index contributed by atoms with van der Waals surface area (Å²) in [6, 6.07) is 0. The van der Waals surface area contributed by atoms with Gasteiger partial charge in [0.1, 0.15) is 6.54 Å². The molecule has 1 saturated heterocycles. The van der Waals surface area contributed by atoms with Crippen LogP contribution in [0.3, 0.4) is 0 Å². The Morgan fingerprint density at radius 1 is 1.65 bits per heavy atom. The SMILES string of the molecule is C#CCN=C(NCC)N1CCSC(C(C)C)C1. The van der Waals surface area contributed by atoms with Crippen molar-refractivity contribution in [1.29, 1.82) is 0 Å². The lowest BCUT2D eigenvalue weighted by Gasteiger charge is -2.36. The van der Waals surface area contributed by atoms with Crippen molar-refractivity contribution >= 4 is 17.7 Å². The summed E-state index contributed by atoms with van der Waals surface area (Å²) in [5, 5.41) is 4.01. The van der Waals surface area contributed by atoms with Crippen LogP contribution in [0.5, 0.6) is 0 Å². The standard InChI is InChI=1S/C13H23N3S/c1-5-7-15-13(14-6-2)16-8-9-17-12(10-16)11(3)4/h1,11-12H,6-10H2,2-4H3,(H,14,15). The molecule has 1 atom stereocenters. The smallest absolute Gasteiger partial charge is 0.194 e. The molecule has 4 heteroatoms. The van der Waals surface area contributed by atoms with Crippen LogP contribution in [0.2, 0.25) is 0 Å². The third kappa shape index (κ3) is 4.51. The van der Waals surface area contributed by atoms with Gasteiger partial charge in [-0.3, -0.25) is 0 Å². The molecule has 0 spiro atoms. The predicted octanol–water partition coefficient (Wildman–Crippen LogP) is 1.66. The van der Waals surface area contributed by atoms with Crippen molar-refractivity contribution in [1.82, 2.24) is 10.2 Å². The van der Waals surface area contributed by atoms with Crippen LogP contribution in [0.1, 0.15) is 20.8 Å². The van der Waals surface area contributed by atoms with Crippen LogP contribution in [0.15, 0.2) is 4.99 Å². The van der Waals surface area contributed by atoms with Gasteiger partial charge in [-0.2, -0.15) is 11.8 Å². The largest absolute Gasteiger partial charge is 0.356 e. The topological polar surface area (TPSA) is 27.6 Å². The van der Waals surface area contributed by atoms with Crippen LogP contribution >= 0.6 is 11.8 Å². The highest BCUT2D eigenvalue weighted by Gasteiger charge is 2.24. The van der Waals surface area contributed by atoms with Gasteiger partial charge in [-0.15, -0.1) is 6.42 Å². The first-order chi connectivity index (χ1) is 8.19. The zero-order valence-corrected chi connectivity index (χ0v) is 11.9. The van der Waals surface area contributed by atoms with E-state index in [9.17, 15) is 0 Å². The number of rotatable bonds is 3. The summed E-state index contributed by atoms with van der Waals surface area (Å²) in [4.78, 5) is 6.77. The molecule has 1 aliphatic rings. The van der Waals surface area contributed by atoms with Crippen molar-refractivity contribution in [2.75, 3.05) is 31.9 Å². The average Bonchev–Trinajstić information content (AvgIpc) is 2.34. The molecular weight excluding hydrogens is 230 g/mol. The molecule has 1 heterocycles. The maximum absolute atomic E-state index is 5.27. The molecule has 0 aromatic rings. The van der Waals surface area contributed by atoms with Crippen LogP contribution in [-0.4, -0.2) is 48.0 Å². The van der Waals surface area contributed by atoms with Gasteiger partial charge in [-0.25, -0.2) is 4.99 Å². The fourth-order valence-corrected chi connectivity index (χ4v) is 3.12. The molecule has 0 amide bonds. The van der Waals surface area contributed by atoms with Crippen LogP contribution < -0.4 is 5.32 Å². The van der Waals surface area contributed by atoms with E-state index in [2.05, 4.69) is 53.7 Å². The van der Waals surface area contributed by atoms with Crippen molar-refractivity contribution in [3.8, 4) is 12.3 Å². The molecule has 0 bridgehead atoms. The minimum atomic E-state index is 0.457. The maximum atomic E-state index is 5.27. The lowest BCUT2D eigenvalue weighted by molar-refractivity contribution is 0.381. The number of nitrogens with zero attached hydrogens (tertiary/aromatic N) is 2. The fraction of sp³-hybridized carbons (Fsp3) is 0.769. The van der Waals surface area contributed by atoms with Gasteiger partial charge in [0.15, 0.2) is 5.96 Å². The van der Waals surface area contributed by atoms with Gasteiger partial charge in [0.05, 0.1) is 0 Å². The molecule has 0 saturated carbocycles. The second-order valence-electron chi connectivity index (χ2n) is 4.47. The minimum absolute atomic E-state index is 0.457. The second-order valence-corrected chi connectivity index (χ2v) is 5.82. The zero-order valence-electron chi connectivity index (χ0n) is 11.1. The molecule has 17 heavy (non-hydrogen) atoms. The summed E-state index contributed by atoms with van der Waals surface area (Å²) < 4.78 is 0. The number of nitrogens with one attached hydrogen (secondary N) is 1. The van der Waals surface area contributed by atoms with Crippen LogP contribution in [0.25, 0.3) is 0 Å². The summed E-state index contributed by atoms with van der Waals surface area (Å²) in [7, 11) is 0. The lowest BCUT2D eigenvalue weighted by atomic mass is 10.1. The minimum Gasteiger partial charge on any atom is -0.356 e. The Hall–Kier alpha value is -0.820. The maximum Gasteiger partial charge on any atom is 0.194 e. The normalized spacial score (nSPS) is 21.5. The highest BCUT2D eigenvalue weighted by molar-refractivity contribution is 8.00. The Morgan fingerprint density at radius 2 is 2.41 bits per heavy atom. The molecule has 0 aliphatic carbocycles. The van der Waals surface area contributed by atoms with Crippen molar-refractivity contribution in [3.63, 3.8) is 0 Å². The quantitative estimate of drug-likeness (QED) is 0.471. The number of guanidine groups is 1. The van der Waals surface area contributed by atoms with E-state index in [4.69, 9.17) is 6.42 Å². The molecule has 1 fully saturated rings. The molecule has 0 aromatic heterocycles. The molecule has 3 nitrogen and oxygen atoms in total.